The van der Waals surface area contributed by atoms with E-state index in [2.05, 4.69) is 29.3 Å². The smallest absolute Gasteiger partial charge is 0.151 e. The number of hydrogen-bond acceptors (Lipinski definition) is 6. The average molecular weight is 341 g/mol. The highest BCUT2D eigenvalue weighted by Gasteiger charge is 2.19. The van der Waals surface area contributed by atoms with Crippen molar-refractivity contribution in [2.75, 3.05) is 17.2 Å². The van der Waals surface area contributed by atoms with Gasteiger partial charge in [0, 0.05) is 6.54 Å². The third-order valence-electron chi connectivity index (χ3n) is 2.69. The van der Waals surface area contributed by atoms with Crippen molar-refractivity contribution in [3.05, 3.63) is 28.5 Å². The Morgan fingerprint density at radius 3 is 2.67 bits per heavy atom. The van der Waals surface area contributed by atoms with E-state index < -0.39 is 0 Å². The van der Waals surface area contributed by atoms with Gasteiger partial charge in [-0.15, -0.1) is 0 Å². The van der Waals surface area contributed by atoms with Crippen LogP contribution in [0.5, 0.6) is 0 Å². The lowest BCUT2D eigenvalue weighted by Crippen LogP contribution is -2.02. The molecule has 108 valence electrons. The van der Waals surface area contributed by atoms with E-state index in [0.29, 0.717) is 38.7 Å². The number of anilines is 3. The third kappa shape index (κ3) is 2.85. The summed E-state index contributed by atoms with van der Waals surface area (Å²) in [7, 11) is 0. The lowest BCUT2D eigenvalue weighted by Gasteiger charge is -2.12. The summed E-state index contributed by atoms with van der Waals surface area (Å²) >= 11 is 13.4. The molecule has 9 heteroatoms. The van der Waals surface area contributed by atoms with Crippen molar-refractivity contribution in [3.8, 4) is 0 Å². The van der Waals surface area contributed by atoms with E-state index in [4.69, 9.17) is 23.2 Å². The molecule has 2 aromatic rings. The Hall–Kier alpha value is -1.70. The average Bonchev–Trinajstić information content (AvgIpc) is 2.94. The van der Waals surface area contributed by atoms with Gasteiger partial charge in [-0.05, 0) is 13.0 Å². The molecule has 2 heterocycles. The van der Waals surface area contributed by atoms with Crippen LogP contribution in [0.1, 0.15) is 6.92 Å². The van der Waals surface area contributed by atoms with Crippen molar-refractivity contribution < 1.29 is 0 Å². The van der Waals surface area contributed by atoms with Gasteiger partial charge in [0.1, 0.15) is 17.2 Å². The van der Waals surface area contributed by atoms with Gasteiger partial charge in [-0.1, -0.05) is 23.2 Å². The number of aromatic nitrogens is 2. The molecule has 0 unspecified atom stereocenters. The zero-order valence-electron chi connectivity index (χ0n) is 10.9. The first-order valence-corrected chi connectivity index (χ1v) is 7.61. The molecule has 0 atom stereocenters. The molecule has 2 N–H and O–H groups in total. The Kier molecular flexibility index (Phi) is 4.05. The summed E-state index contributed by atoms with van der Waals surface area (Å²) in [6.07, 6.45) is 3.26. The van der Waals surface area contributed by atoms with Gasteiger partial charge < -0.3 is 10.6 Å². The molecule has 0 radical (unpaired) electrons. The fourth-order valence-electron chi connectivity index (χ4n) is 1.81. The normalized spacial score (nSPS) is 12.0. The molecule has 1 aromatic heterocycles. The molecule has 0 bridgehead atoms. The second-order valence-electron chi connectivity index (χ2n) is 4.12. The molecule has 0 spiro atoms. The molecule has 0 aliphatic carbocycles. The van der Waals surface area contributed by atoms with Crippen LogP contribution in [0, 0.1) is 0 Å². The van der Waals surface area contributed by atoms with Crippen molar-refractivity contribution in [2.24, 2.45) is 8.73 Å². The lowest BCUT2D eigenvalue weighted by molar-refractivity contribution is 1.12. The molecule has 0 saturated carbocycles. The van der Waals surface area contributed by atoms with Crippen molar-refractivity contribution in [1.29, 1.82) is 0 Å². The van der Waals surface area contributed by atoms with Crippen molar-refractivity contribution >= 4 is 63.3 Å². The lowest BCUT2D eigenvalue weighted by atomic mass is 10.2. The maximum absolute atomic E-state index is 6.24. The van der Waals surface area contributed by atoms with E-state index in [1.54, 1.807) is 18.5 Å². The van der Waals surface area contributed by atoms with Crippen LogP contribution in [-0.4, -0.2) is 16.5 Å². The summed E-state index contributed by atoms with van der Waals surface area (Å²) < 4.78 is 8.39. The predicted molar refractivity (Wildman–Crippen MR) is 87.5 cm³/mol. The predicted octanol–water partition coefficient (Wildman–Crippen LogP) is 4.69. The van der Waals surface area contributed by atoms with E-state index in [1.807, 2.05) is 6.92 Å². The molecular weight excluding hydrogens is 331 g/mol. The number of nitrogens with zero attached hydrogens (tertiary/aromatic N) is 4. The Labute approximate surface area is 134 Å². The molecule has 21 heavy (non-hydrogen) atoms. The minimum Gasteiger partial charge on any atom is -0.369 e. The molecule has 0 amide bonds. The second-order valence-corrected chi connectivity index (χ2v) is 5.46. The maximum Gasteiger partial charge on any atom is 0.151 e. The number of benzene rings is 1. The third-order valence-corrected chi connectivity index (χ3v) is 3.80. The van der Waals surface area contributed by atoms with E-state index in [0.717, 1.165) is 17.9 Å². The van der Waals surface area contributed by atoms with Crippen LogP contribution in [-0.2, 0) is 11.4 Å². The van der Waals surface area contributed by atoms with E-state index >= 15 is 0 Å². The Bertz CT molecular complexity index is 773. The van der Waals surface area contributed by atoms with Crippen LogP contribution in [0.4, 0.5) is 28.7 Å². The van der Waals surface area contributed by atoms with E-state index in [9.17, 15) is 0 Å². The maximum atomic E-state index is 6.24. The van der Waals surface area contributed by atoms with Gasteiger partial charge in [0.2, 0.25) is 0 Å². The number of halogens is 2. The van der Waals surface area contributed by atoms with Gasteiger partial charge in [-0.2, -0.15) is 8.73 Å². The summed E-state index contributed by atoms with van der Waals surface area (Å²) in [6, 6.07) is 1.64. The minimum absolute atomic E-state index is 0.454. The zero-order chi connectivity index (χ0) is 14.8. The Morgan fingerprint density at radius 2 is 1.86 bits per heavy atom. The molecule has 1 aliphatic rings. The fraction of sp³-hybridized carbons (Fsp3) is 0.167. The summed E-state index contributed by atoms with van der Waals surface area (Å²) in [5.74, 6) is 1.24. The van der Waals surface area contributed by atoms with Crippen LogP contribution in [0.2, 0.25) is 10.0 Å². The van der Waals surface area contributed by atoms with E-state index in [1.165, 1.54) is 0 Å². The van der Waals surface area contributed by atoms with E-state index in [-0.39, 0.29) is 0 Å². The van der Waals surface area contributed by atoms with Crippen LogP contribution in [0.15, 0.2) is 27.2 Å². The second kappa shape index (κ2) is 5.97. The first-order chi connectivity index (χ1) is 10.2. The molecule has 6 nitrogen and oxygen atoms in total. The van der Waals surface area contributed by atoms with Gasteiger partial charge >= 0.3 is 0 Å². The van der Waals surface area contributed by atoms with Gasteiger partial charge in [0.05, 0.1) is 39.5 Å². The monoisotopic (exact) mass is 340 g/mol. The van der Waals surface area contributed by atoms with Crippen LogP contribution in [0.25, 0.3) is 0 Å². The summed E-state index contributed by atoms with van der Waals surface area (Å²) in [6.45, 7) is 2.75. The van der Waals surface area contributed by atoms with Crippen LogP contribution >= 0.6 is 23.2 Å². The standard InChI is InChI=1S/C12H10Cl2N6S/c1-2-16-8-4-15-5-9(17-8)18-10-6(13)3-7(14)11-12(10)20-21-19-11/h3-5H,2H2,1H3,(H2,16,17,18). The highest BCUT2D eigenvalue weighted by Crippen LogP contribution is 2.48. The summed E-state index contributed by atoms with van der Waals surface area (Å²) in [4.78, 5) is 8.52. The number of rotatable bonds is 4. The number of hydrogen-bond donors (Lipinski definition) is 2. The molecule has 1 aliphatic heterocycles. The quantitative estimate of drug-likeness (QED) is 0.722. The topological polar surface area (TPSA) is 74.6 Å². The molecule has 0 fully saturated rings. The van der Waals surface area contributed by atoms with Gasteiger partial charge in [-0.25, -0.2) is 4.98 Å². The van der Waals surface area contributed by atoms with Crippen LogP contribution < -0.4 is 10.6 Å². The van der Waals surface area contributed by atoms with Gasteiger partial charge in [-0.3, -0.25) is 4.98 Å². The fourth-order valence-corrected chi connectivity index (χ4v) is 2.97. The molecule has 1 aromatic carbocycles. The Balaban J connectivity index is 1.98. The first-order valence-electron chi connectivity index (χ1n) is 6.12. The summed E-state index contributed by atoms with van der Waals surface area (Å²) in [5, 5.41) is 7.15. The largest absolute Gasteiger partial charge is 0.369 e. The van der Waals surface area contributed by atoms with Crippen molar-refractivity contribution in [3.63, 3.8) is 0 Å². The highest BCUT2D eigenvalue weighted by atomic mass is 35.5. The minimum atomic E-state index is 0.454. The molecule has 0 saturated heterocycles. The molecule has 3 rings (SSSR count). The Morgan fingerprint density at radius 1 is 1.10 bits per heavy atom. The van der Waals surface area contributed by atoms with Gasteiger partial charge in [0.25, 0.3) is 0 Å². The summed E-state index contributed by atoms with van der Waals surface area (Å²) in [5.41, 5.74) is 1.85. The molecular formula is C12H10Cl2N6S. The zero-order valence-corrected chi connectivity index (χ0v) is 13.2. The first kappa shape index (κ1) is 14.2. The van der Waals surface area contributed by atoms with Crippen molar-refractivity contribution in [2.45, 2.75) is 6.92 Å². The highest BCUT2D eigenvalue weighted by molar-refractivity contribution is 7.58. The number of nitrogens with one attached hydrogen (secondary N) is 2. The van der Waals surface area contributed by atoms with Crippen molar-refractivity contribution in [1.82, 2.24) is 9.97 Å². The SMILES string of the molecule is CCNc1cncc(Nc2c(Cl)cc(Cl)c3c2N=S=N3)n1. The van der Waals surface area contributed by atoms with Gasteiger partial charge in [0.15, 0.2) is 5.82 Å². The van der Waals surface area contributed by atoms with Crippen LogP contribution in [0.3, 0.4) is 0 Å². The number of fused-ring (bicyclic) bond motifs is 1.